The lowest BCUT2D eigenvalue weighted by atomic mass is 9.84. The molecular formula is C39H35N3. The van der Waals surface area contributed by atoms with E-state index in [2.05, 4.69) is 135 Å². The third kappa shape index (κ3) is 4.55. The maximum atomic E-state index is 5.15. The number of allylic oxidation sites excluding steroid dienone is 7. The predicted octanol–water partition coefficient (Wildman–Crippen LogP) is 9.68. The molecule has 7 rings (SSSR count). The molecule has 2 aromatic heterocycles. The second-order valence-corrected chi connectivity index (χ2v) is 11.7. The van der Waals surface area contributed by atoms with Gasteiger partial charge in [-0.05, 0) is 88.5 Å². The topological polar surface area (TPSA) is 37.8 Å². The Morgan fingerprint density at radius 1 is 0.786 bits per heavy atom. The lowest BCUT2D eigenvalue weighted by Crippen LogP contribution is -2.21. The number of aromatic nitrogens is 2. The van der Waals surface area contributed by atoms with Crippen LogP contribution in [0.1, 0.15) is 54.4 Å². The standard InChI is InChI=1S/C39H35N3/c1-24-10-9-11-28(20-24)36-18-16-30(26(3)41-36)38-32-12-5-7-14-34(32)39(35-15-8-6-13-33(35)38)31-17-19-37(42-27(31)4)29-21-25(2)22-40-23-29/h5-19,21-24,37,42H,20H2,1-4H3. The first-order valence-electron chi connectivity index (χ1n) is 14.8. The lowest BCUT2D eigenvalue weighted by Gasteiger charge is -2.26. The van der Waals surface area contributed by atoms with Crippen molar-refractivity contribution in [3.05, 3.63) is 143 Å². The molecule has 0 saturated carbocycles. The molecule has 3 heteroatoms. The molecule has 2 aliphatic rings. The van der Waals surface area contributed by atoms with Gasteiger partial charge in [0.25, 0.3) is 0 Å². The number of fused-ring (bicyclic) bond motifs is 2. The monoisotopic (exact) mass is 545 g/mol. The molecule has 5 aromatic rings. The fraction of sp³-hybridized carbons (Fsp3) is 0.179. The lowest BCUT2D eigenvalue weighted by molar-refractivity contribution is 0.704. The van der Waals surface area contributed by atoms with Gasteiger partial charge in [-0.2, -0.15) is 0 Å². The van der Waals surface area contributed by atoms with Gasteiger partial charge in [0.15, 0.2) is 0 Å². The van der Waals surface area contributed by atoms with Crippen molar-refractivity contribution in [1.82, 2.24) is 15.3 Å². The minimum absolute atomic E-state index is 0.1000. The number of nitrogens with one attached hydrogen (secondary N) is 1. The molecule has 3 aromatic carbocycles. The van der Waals surface area contributed by atoms with Crippen LogP contribution in [-0.2, 0) is 0 Å². The van der Waals surface area contributed by atoms with E-state index in [1.54, 1.807) is 0 Å². The largest absolute Gasteiger partial charge is 0.378 e. The minimum atomic E-state index is 0.1000. The van der Waals surface area contributed by atoms with Crippen LogP contribution in [0.4, 0.5) is 0 Å². The third-order valence-electron chi connectivity index (χ3n) is 8.65. The van der Waals surface area contributed by atoms with Crippen LogP contribution in [0.2, 0.25) is 0 Å². The molecule has 3 heterocycles. The summed E-state index contributed by atoms with van der Waals surface area (Å²) in [6.45, 7) is 8.69. The molecule has 0 radical (unpaired) electrons. The maximum Gasteiger partial charge on any atom is 0.0713 e. The molecule has 1 aliphatic heterocycles. The highest BCUT2D eigenvalue weighted by molar-refractivity contribution is 6.19. The van der Waals surface area contributed by atoms with E-state index >= 15 is 0 Å². The van der Waals surface area contributed by atoms with Gasteiger partial charge in [-0.15, -0.1) is 0 Å². The molecule has 0 saturated heterocycles. The van der Waals surface area contributed by atoms with Crippen LogP contribution in [0.3, 0.4) is 0 Å². The zero-order valence-corrected chi connectivity index (χ0v) is 24.6. The van der Waals surface area contributed by atoms with E-state index in [0.29, 0.717) is 5.92 Å². The summed E-state index contributed by atoms with van der Waals surface area (Å²) in [6.07, 6.45) is 16.1. The Balaban J connectivity index is 1.40. The smallest absolute Gasteiger partial charge is 0.0713 e. The molecule has 1 N–H and O–H groups in total. The van der Waals surface area contributed by atoms with E-state index in [4.69, 9.17) is 4.98 Å². The molecule has 0 spiro atoms. The van der Waals surface area contributed by atoms with E-state index < -0.39 is 0 Å². The number of hydrogen-bond acceptors (Lipinski definition) is 3. The van der Waals surface area contributed by atoms with Crippen molar-refractivity contribution < 1.29 is 0 Å². The van der Waals surface area contributed by atoms with Crippen molar-refractivity contribution in [2.45, 2.75) is 40.2 Å². The van der Waals surface area contributed by atoms with Crippen LogP contribution in [0.15, 0.2) is 115 Å². The van der Waals surface area contributed by atoms with Crippen LogP contribution >= 0.6 is 0 Å². The molecule has 0 fully saturated rings. The molecular weight excluding hydrogens is 510 g/mol. The zero-order chi connectivity index (χ0) is 28.8. The van der Waals surface area contributed by atoms with Crippen LogP contribution in [-0.4, -0.2) is 9.97 Å². The van der Waals surface area contributed by atoms with Crippen LogP contribution in [0, 0.1) is 19.8 Å². The number of aryl methyl sites for hydroxylation is 2. The molecule has 0 bridgehead atoms. The zero-order valence-electron chi connectivity index (χ0n) is 24.6. The number of rotatable bonds is 4. The summed E-state index contributed by atoms with van der Waals surface area (Å²) in [7, 11) is 0. The predicted molar refractivity (Wildman–Crippen MR) is 177 cm³/mol. The van der Waals surface area contributed by atoms with Gasteiger partial charge in [-0.25, -0.2) is 0 Å². The van der Waals surface area contributed by atoms with Crippen molar-refractivity contribution in [3.8, 4) is 11.1 Å². The number of nitrogens with zero attached hydrogens (tertiary/aromatic N) is 2. The van der Waals surface area contributed by atoms with Gasteiger partial charge in [0.2, 0.25) is 0 Å². The summed E-state index contributed by atoms with van der Waals surface area (Å²) in [6, 6.07) is 24.5. The number of benzene rings is 3. The average Bonchev–Trinajstić information content (AvgIpc) is 3.00. The first-order chi connectivity index (χ1) is 20.5. The molecule has 42 heavy (non-hydrogen) atoms. The Labute approximate surface area is 248 Å². The summed E-state index contributed by atoms with van der Waals surface area (Å²) >= 11 is 0. The van der Waals surface area contributed by atoms with E-state index in [0.717, 1.165) is 17.8 Å². The van der Waals surface area contributed by atoms with Gasteiger partial charge in [-0.3, -0.25) is 9.97 Å². The van der Waals surface area contributed by atoms with Gasteiger partial charge in [0.05, 0.1) is 11.7 Å². The Morgan fingerprint density at radius 2 is 1.48 bits per heavy atom. The van der Waals surface area contributed by atoms with Crippen LogP contribution < -0.4 is 5.32 Å². The van der Waals surface area contributed by atoms with Crippen molar-refractivity contribution in [2.75, 3.05) is 0 Å². The van der Waals surface area contributed by atoms with Crippen molar-refractivity contribution in [1.29, 1.82) is 0 Å². The summed E-state index contributed by atoms with van der Waals surface area (Å²) in [5.74, 6) is 0.539. The van der Waals surface area contributed by atoms with E-state index in [9.17, 15) is 0 Å². The number of pyridine rings is 2. The third-order valence-corrected chi connectivity index (χ3v) is 8.65. The van der Waals surface area contributed by atoms with Crippen molar-refractivity contribution in [2.24, 2.45) is 5.92 Å². The SMILES string of the molecule is CC1=C(c2c3ccccc3c(-c3ccc(C4=CC=CC(C)C4)nc3C)c3ccccc23)C=CC(c2cncc(C)c2)N1. The Kier molecular flexibility index (Phi) is 6.59. The average molecular weight is 546 g/mol. The summed E-state index contributed by atoms with van der Waals surface area (Å²) in [5.41, 5.74) is 11.9. The minimum Gasteiger partial charge on any atom is -0.378 e. The molecule has 2 atom stereocenters. The first-order valence-corrected chi connectivity index (χ1v) is 14.8. The first kappa shape index (κ1) is 26.2. The highest BCUT2D eigenvalue weighted by Gasteiger charge is 2.22. The van der Waals surface area contributed by atoms with Crippen molar-refractivity contribution in [3.63, 3.8) is 0 Å². The van der Waals surface area contributed by atoms with Crippen LogP contribution in [0.5, 0.6) is 0 Å². The molecule has 3 nitrogen and oxygen atoms in total. The Bertz CT molecular complexity index is 1930. The second kappa shape index (κ2) is 10.6. The van der Waals surface area contributed by atoms with Crippen molar-refractivity contribution >= 4 is 32.7 Å². The van der Waals surface area contributed by atoms with Gasteiger partial charge in [0.1, 0.15) is 0 Å². The van der Waals surface area contributed by atoms with Gasteiger partial charge >= 0.3 is 0 Å². The Hall–Kier alpha value is -4.76. The highest BCUT2D eigenvalue weighted by atomic mass is 14.9. The van der Waals surface area contributed by atoms with E-state index in [-0.39, 0.29) is 6.04 Å². The quantitative estimate of drug-likeness (QED) is 0.228. The molecule has 2 unspecified atom stereocenters. The molecule has 1 aliphatic carbocycles. The van der Waals surface area contributed by atoms with E-state index in [1.165, 1.54) is 66.2 Å². The molecule has 0 amide bonds. The van der Waals surface area contributed by atoms with Gasteiger partial charge < -0.3 is 5.32 Å². The Morgan fingerprint density at radius 3 is 2.10 bits per heavy atom. The second-order valence-electron chi connectivity index (χ2n) is 11.7. The van der Waals surface area contributed by atoms with Gasteiger partial charge in [-0.1, -0.05) is 98.0 Å². The summed E-state index contributed by atoms with van der Waals surface area (Å²) < 4.78 is 0. The fourth-order valence-corrected chi connectivity index (χ4v) is 6.64. The highest BCUT2D eigenvalue weighted by Crippen LogP contribution is 2.44. The number of dihydropyridines is 1. The fourth-order valence-electron chi connectivity index (χ4n) is 6.64. The maximum absolute atomic E-state index is 5.15. The number of hydrogen-bond donors (Lipinski definition) is 1. The summed E-state index contributed by atoms with van der Waals surface area (Å²) in [5, 5.41) is 8.76. The normalized spacial score (nSPS) is 18.4. The van der Waals surface area contributed by atoms with Crippen LogP contribution in [0.25, 0.3) is 43.8 Å². The summed E-state index contributed by atoms with van der Waals surface area (Å²) in [4.78, 5) is 9.57. The van der Waals surface area contributed by atoms with E-state index in [1.807, 2.05) is 12.4 Å². The molecule has 206 valence electrons. The van der Waals surface area contributed by atoms with Gasteiger partial charge in [0, 0.05) is 34.9 Å².